The Morgan fingerprint density at radius 3 is 1.69 bits per heavy atom. The Hall–Kier alpha value is -4.72. The first kappa shape index (κ1) is 50.6. The number of amides is 3. The summed E-state index contributed by atoms with van der Waals surface area (Å²) >= 11 is 1.21. The Balaban J connectivity index is 1.94. The third-order valence-electron chi connectivity index (χ3n) is 9.22. The fourth-order valence-electron chi connectivity index (χ4n) is 6.13. The lowest BCUT2D eigenvalue weighted by molar-refractivity contribution is -0.154. The zero-order chi connectivity index (χ0) is 45.7. The molecular formula is C44H60N4O12S. The molecule has 0 fully saturated rings. The minimum absolute atomic E-state index is 0.0642. The average Bonchev–Trinajstić information content (AvgIpc) is 3.22. The van der Waals surface area contributed by atoms with Crippen LogP contribution in [-0.2, 0) is 33.4 Å². The molecule has 3 aromatic rings. The van der Waals surface area contributed by atoms with Crippen molar-refractivity contribution < 1.29 is 58.6 Å². The van der Waals surface area contributed by atoms with Crippen molar-refractivity contribution >= 4 is 41.4 Å². The minimum atomic E-state index is -2.45. The highest BCUT2D eigenvalue weighted by Gasteiger charge is 2.45. The Morgan fingerprint density at radius 2 is 1.25 bits per heavy atom. The van der Waals surface area contributed by atoms with Crippen molar-refractivity contribution in [1.82, 2.24) is 10.2 Å². The highest BCUT2D eigenvalue weighted by molar-refractivity contribution is 7.98. The maximum atomic E-state index is 14.2. The van der Waals surface area contributed by atoms with Crippen LogP contribution < -0.4 is 16.8 Å². The fraction of sp³-hybridized carbons (Fsp3) is 0.477. The van der Waals surface area contributed by atoms with Gasteiger partial charge in [0.1, 0.15) is 36.0 Å². The smallest absolute Gasteiger partial charge is 0.417 e. The molecule has 17 heteroatoms. The highest BCUT2D eigenvalue weighted by atomic mass is 32.2. The van der Waals surface area contributed by atoms with E-state index in [4.69, 9.17) is 25.7 Å². The number of benzene rings is 3. The standard InChI is InChI=1S/C44H60N4O12S/c1-43(2,3)58-24-31(48(40(55)29(45)25-61-7)42(57)60-44(4,5)6)39(54)47-30(23-49)34(50)36(52)37(53)35(51)32(26-17-11-8-12-18-26)33(46)41(56)59-38(27-19-13-9-14-20-27)28-21-15-10-16-22-28/h8-22,29-34,36-38,49-50,52-53H,23-25,45-46H2,1-7H3,(H,47,54)/t29-,30-,31-,32?,33-,34+,36+,37+/m0/s1. The minimum Gasteiger partial charge on any atom is -0.451 e. The molecule has 0 saturated heterocycles. The summed E-state index contributed by atoms with van der Waals surface area (Å²) in [6.45, 7) is 7.97. The Kier molecular flexibility index (Phi) is 19.0. The molecule has 334 valence electrons. The molecule has 0 bridgehead atoms. The number of nitrogens with two attached hydrogens (primary N) is 2. The van der Waals surface area contributed by atoms with Gasteiger partial charge in [-0.2, -0.15) is 11.8 Å². The highest BCUT2D eigenvalue weighted by Crippen LogP contribution is 2.30. The van der Waals surface area contributed by atoms with Crippen LogP contribution in [0.25, 0.3) is 0 Å². The SMILES string of the molecule is CSC[C@H](N)C(=O)N(C(=O)OC(C)(C)C)[C@@H](COC(C)(C)C)C(=O)N[C@@H](CO)[C@@H](O)[C@@H](O)[C@H](O)C(=O)C(c1ccccc1)[C@H](N)C(=O)OC(c1ccccc1)c1ccccc1. The summed E-state index contributed by atoms with van der Waals surface area (Å²) in [5.74, 6) is -5.91. The van der Waals surface area contributed by atoms with Gasteiger partial charge in [-0.05, 0) is 64.5 Å². The van der Waals surface area contributed by atoms with Gasteiger partial charge < -0.3 is 51.4 Å². The van der Waals surface area contributed by atoms with Crippen LogP contribution in [0.5, 0.6) is 0 Å². The number of thioether (sulfide) groups is 1. The van der Waals surface area contributed by atoms with Crippen LogP contribution in [0.15, 0.2) is 91.0 Å². The van der Waals surface area contributed by atoms with E-state index in [1.807, 2.05) is 0 Å². The molecule has 0 aliphatic carbocycles. The number of rotatable bonds is 20. The molecule has 16 nitrogen and oxygen atoms in total. The third-order valence-corrected chi connectivity index (χ3v) is 9.91. The molecule has 61 heavy (non-hydrogen) atoms. The normalized spacial score (nSPS) is 15.9. The summed E-state index contributed by atoms with van der Waals surface area (Å²) < 4.78 is 17.2. The van der Waals surface area contributed by atoms with Crippen LogP contribution in [0.2, 0.25) is 0 Å². The summed E-state index contributed by atoms with van der Waals surface area (Å²) in [5.41, 5.74) is 12.0. The van der Waals surface area contributed by atoms with E-state index in [0.717, 1.165) is 0 Å². The molecule has 3 aromatic carbocycles. The van der Waals surface area contributed by atoms with Gasteiger partial charge in [-0.1, -0.05) is 91.0 Å². The Morgan fingerprint density at radius 1 is 0.754 bits per heavy atom. The van der Waals surface area contributed by atoms with E-state index >= 15 is 0 Å². The number of esters is 1. The first-order valence-corrected chi connectivity index (χ1v) is 21.1. The largest absolute Gasteiger partial charge is 0.451 e. The van der Waals surface area contributed by atoms with Gasteiger partial charge in [0.15, 0.2) is 11.9 Å². The predicted molar refractivity (Wildman–Crippen MR) is 229 cm³/mol. The number of aliphatic hydroxyl groups excluding tert-OH is 4. The molecule has 0 aliphatic heterocycles. The maximum absolute atomic E-state index is 14.2. The van der Waals surface area contributed by atoms with Gasteiger partial charge in [-0.25, -0.2) is 9.69 Å². The third kappa shape index (κ3) is 14.7. The second-order valence-corrected chi connectivity index (χ2v) is 17.3. The average molecular weight is 869 g/mol. The molecule has 1 unspecified atom stereocenters. The summed E-state index contributed by atoms with van der Waals surface area (Å²) in [5, 5.41) is 46.7. The Bertz CT molecular complexity index is 1840. The molecule has 0 aromatic heterocycles. The van der Waals surface area contributed by atoms with Crippen molar-refractivity contribution in [1.29, 1.82) is 0 Å². The quantitative estimate of drug-likeness (QED) is 0.0804. The van der Waals surface area contributed by atoms with Crippen LogP contribution in [0.1, 0.15) is 70.3 Å². The van der Waals surface area contributed by atoms with Gasteiger partial charge in [0.2, 0.25) is 5.91 Å². The van der Waals surface area contributed by atoms with Crippen LogP contribution in [0, 0.1) is 0 Å². The molecule has 0 radical (unpaired) electrons. The molecule has 0 saturated carbocycles. The molecule has 3 rings (SSSR count). The van der Waals surface area contributed by atoms with Crippen molar-refractivity contribution in [2.24, 2.45) is 11.5 Å². The van der Waals surface area contributed by atoms with Gasteiger partial charge in [-0.15, -0.1) is 0 Å². The summed E-state index contributed by atoms with van der Waals surface area (Å²) in [6, 6.07) is 18.8. The van der Waals surface area contributed by atoms with Crippen LogP contribution in [0.3, 0.4) is 0 Å². The lowest BCUT2D eigenvalue weighted by Crippen LogP contribution is -2.63. The van der Waals surface area contributed by atoms with E-state index in [2.05, 4.69) is 5.32 Å². The number of ether oxygens (including phenoxy) is 3. The van der Waals surface area contributed by atoms with E-state index in [9.17, 15) is 44.4 Å². The molecule has 8 atom stereocenters. The first-order chi connectivity index (χ1) is 28.6. The van der Waals surface area contributed by atoms with Crippen molar-refractivity contribution in [3.05, 3.63) is 108 Å². The van der Waals surface area contributed by atoms with Gasteiger partial charge in [0.25, 0.3) is 5.91 Å². The molecule has 0 spiro atoms. The zero-order valence-electron chi connectivity index (χ0n) is 35.5. The second kappa shape index (κ2) is 22.9. The number of hydrogen-bond donors (Lipinski definition) is 7. The van der Waals surface area contributed by atoms with E-state index in [-0.39, 0.29) is 11.3 Å². The molecule has 0 heterocycles. The van der Waals surface area contributed by atoms with Gasteiger partial charge in [-0.3, -0.25) is 19.2 Å². The number of ketones is 1. The second-order valence-electron chi connectivity index (χ2n) is 16.4. The zero-order valence-corrected chi connectivity index (χ0v) is 36.4. The first-order valence-electron chi connectivity index (χ1n) is 19.7. The number of nitrogens with zero attached hydrogens (tertiary/aromatic N) is 1. The number of Topliss-reactive ketones (excluding diaryl/α,β-unsaturated/α-hetero) is 1. The monoisotopic (exact) mass is 868 g/mol. The van der Waals surface area contributed by atoms with Crippen LogP contribution >= 0.6 is 11.8 Å². The molecule has 3 amide bonds. The molecule has 0 aliphatic rings. The number of hydrogen-bond acceptors (Lipinski definition) is 15. The van der Waals surface area contributed by atoms with E-state index in [1.54, 1.807) is 127 Å². The van der Waals surface area contributed by atoms with E-state index in [1.165, 1.54) is 23.9 Å². The summed E-state index contributed by atoms with van der Waals surface area (Å²) in [7, 11) is 0. The maximum Gasteiger partial charge on any atom is 0.417 e. The Labute approximate surface area is 360 Å². The number of carbonyl (C=O) groups is 5. The van der Waals surface area contributed by atoms with Crippen molar-refractivity contribution in [3.63, 3.8) is 0 Å². The van der Waals surface area contributed by atoms with Gasteiger partial charge >= 0.3 is 12.1 Å². The lowest BCUT2D eigenvalue weighted by atomic mass is 9.83. The molecule has 9 N–H and O–H groups in total. The summed E-state index contributed by atoms with van der Waals surface area (Å²) in [6.07, 6.45) is -7.59. The lowest BCUT2D eigenvalue weighted by Gasteiger charge is -2.36. The number of nitrogens with one attached hydrogen (secondary N) is 1. The predicted octanol–water partition coefficient (Wildman–Crippen LogP) is 2.20. The van der Waals surface area contributed by atoms with Gasteiger partial charge in [0, 0.05) is 5.75 Å². The molecular weight excluding hydrogens is 809 g/mol. The van der Waals surface area contributed by atoms with E-state index < -0.39 is 109 Å². The fourth-order valence-corrected chi connectivity index (χ4v) is 6.63. The number of imide groups is 1. The van der Waals surface area contributed by atoms with Crippen molar-refractivity contribution in [2.75, 3.05) is 25.2 Å². The van der Waals surface area contributed by atoms with Crippen LogP contribution in [0.4, 0.5) is 4.79 Å². The van der Waals surface area contributed by atoms with E-state index in [0.29, 0.717) is 16.0 Å². The number of carbonyl (C=O) groups excluding carboxylic acids is 5. The van der Waals surface area contributed by atoms with Crippen LogP contribution in [-0.4, -0.2) is 134 Å². The summed E-state index contributed by atoms with van der Waals surface area (Å²) in [4.78, 5) is 69.8. The van der Waals surface area contributed by atoms with Crippen molar-refractivity contribution in [3.8, 4) is 0 Å². The topological polar surface area (TPSA) is 261 Å². The van der Waals surface area contributed by atoms with Gasteiger partial charge in [0.05, 0.1) is 36.8 Å². The number of aliphatic hydroxyl groups is 4. The van der Waals surface area contributed by atoms with Crippen molar-refractivity contribution in [2.45, 2.75) is 107 Å².